The maximum Gasteiger partial charge on any atom is 0.282 e. The zero-order valence-electron chi connectivity index (χ0n) is 16.9. The summed E-state index contributed by atoms with van der Waals surface area (Å²) in [6.07, 6.45) is 5.94. The summed E-state index contributed by atoms with van der Waals surface area (Å²) < 4.78 is 28.5. The summed E-state index contributed by atoms with van der Waals surface area (Å²) in [5.41, 5.74) is 1.89. The summed E-state index contributed by atoms with van der Waals surface area (Å²) in [4.78, 5) is 23.9. The van der Waals surface area contributed by atoms with Gasteiger partial charge in [0.05, 0.1) is 6.04 Å². The molecule has 1 aromatic heterocycles. The minimum atomic E-state index is -3.56. The highest BCUT2D eigenvalue weighted by Gasteiger charge is 2.38. The van der Waals surface area contributed by atoms with E-state index in [4.69, 9.17) is 9.97 Å². The number of carbonyl (C=O) groups is 1. The van der Waals surface area contributed by atoms with E-state index in [0.29, 0.717) is 49.9 Å². The smallest absolute Gasteiger partial charge is 0.282 e. The number of piperidine rings is 1. The van der Waals surface area contributed by atoms with Crippen LogP contribution in [0.5, 0.6) is 0 Å². The standard InChI is InChI=1S/C19H29N5O3S/c1-13-15-9-10-17(25)23(12-14-7-8-14)19(15)21-18(20-13)16-6-4-5-11-24(16)28(26,27)22(2)3/h14,16H,4-12H2,1-3H3/t16-/m1/s1. The highest BCUT2D eigenvalue weighted by atomic mass is 32.2. The van der Waals surface area contributed by atoms with Crippen LogP contribution in [0.25, 0.3) is 0 Å². The average Bonchev–Trinajstić information content (AvgIpc) is 3.48. The van der Waals surface area contributed by atoms with Crippen LogP contribution in [-0.4, -0.2) is 60.1 Å². The second kappa shape index (κ2) is 7.35. The van der Waals surface area contributed by atoms with Crippen molar-refractivity contribution >= 4 is 21.9 Å². The van der Waals surface area contributed by atoms with Gasteiger partial charge < -0.3 is 0 Å². The SMILES string of the molecule is Cc1nc([C@H]2CCCCN2S(=O)(=O)N(C)C)nc2c1CCC(=O)N2CC1CC1. The number of hydrogen-bond donors (Lipinski definition) is 0. The number of hydrogen-bond acceptors (Lipinski definition) is 5. The molecular weight excluding hydrogens is 378 g/mol. The molecule has 154 valence electrons. The van der Waals surface area contributed by atoms with Gasteiger partial charge in [0, 0.05) is 44.9 Å². The van der Waals surface area contributed by atoms with E-state index < -0.39 is 10.2 Å². The first-order valence-electron chi connectivity index (χ1n) is 10.2. The van der Waals surface area contributed by atoms with E-state index in [9.17, 15) is 13.2 Å². The monoisotopic (exact) mass is 407 g/mol. The van der Waals surface area contributed by atoms with Crippen molar-refractivity contribution in [2.75, 3.05) is 32.1 Å². The molecule has 4 rings (SSSR count). The lowest BCUT2D eigenvalue weighted by molar-refractivity contribution is -0.119. The zero-order valence-corrected chi connectivity index (χ0v) is 17.7. The van der Waals surface area contributed by atoms with Crippen molar-refractivity contribution < 1.29 is 13.2 Å². The predicted molar refractivity (Wildman–Crippen MR) is 106 cm³/mol. The summed E-state index contributed by atoms with van der Waals surface area (Å²) in [6.45, 7) is 3.13. The Morgan fingerprint density at radius 1 is 1.11 bits per heavy atom. The average molecular weight is 408 g/mol. The molecule has 0 N–H and O–H groups in total. The van der Waals surface area contributed by atoms with Crippen LogP contribution in [-0.2, 0) is 21.4 Å². The van der Waals surface area contributed by atoms with Gasteiger partial charge in [-0.3, -0.25) is 9.69 Å². The van der Waals surface area contributed by atoms with E-state index in [2.05, 4.69) is 0 Å². The molecule has 1 aromatic rings. The third-order valence-corrected chi connectivity index (χ3v) is 7.95. The highest BCUT2D eigenvalue weighted by molar-refractivity contribution is 7.86. The molecule has 9 heteroatoms. The number of carbonyl (C=O) groups excluding carboxylic acids is 1. The van der Waals surface area contributed by atoms with Gasteiger partial charge in [0.15, 0.2) is 0 Å². The third-order valence-electron chi connectivity index (χ3n) is 6.00. The maximum absolute atomic E-state index is 12.8. The van der Waals surface area contributed by atoms with Crippen molar-refractivity contribution in [2.24, 2.45) is 5.92 Å². The molecule has 8 nitrogen and oxygen atoms in total. The van der Waals surface area contributed by atoms with Crippen LogP contribution in [0, 0.1) is 12.8 Å². The fourth-order valence-electron chi connectivity index (χ4n) is 4.15. The van der Waals surface area contributed by atoms with Crippen molar-refractivity contribution in [3.63, 3.8) is 0 Å². The predicted octanol–water partition coefficient (Wildman–Crippen LogP) is 1.81. The number of aromatic nitrogens is 2. The molecule has 3 heterocycles. The van der Waals surface area contributed by atoms with Gasteiger partial charge >= 0.3 is 0 Å². The fourth-order valence-corrected chi connectivity index (χ4v) is 5.45. The van der Waals surface area contributed by atoms with Gasteiger partial charge in [-0.15, -0.1) is 0 Å². The van der Waals surface area contributed by atoms with Crippen molar-refractivity contribution in [1.82, 2.24) is 18.6 Å². The molecule has 0 spiro atoms. The van der Waals surface area contributed by atoms with Gasteiger partial charge in [0.1, 0.15) is 11.6 Å². The maximum atomic E-state index is 12.8. The first kappa shape index (κ1) is 19.7. The Labute approximate surface area is 167 Å². The highest BCUT2D eigenvalue weighted by Crippen LogP contribution is 2.37. The van der Waals surface area contributed by atoms with Crippen LogP contribution in [0.2, 0.25) is 0 Å². The quantitative estimate of drug-likeness (QED) is 0.743. The number of anilines is 1. The minimum absolute atomic E-state index is 0.116. The molecule has 1 saturated carbocycles. The van der Waals surface area contributed by atoms with Crippen LogP contribution >= 0.6 is 0 Å². The molecule has 1 atom stereocenters. The van der Waals surface area contributed by atoms with Crippen molar-refractivity contribution in [2.45, 2.75) is 57.9 Å². The van der Waals surface area contributed by atoms with E-state index in [1.54, 1.807) is 14.1 Å². The molecule has 0 radical (unpaired) electrons. The summed E-state index contributed by atoms with van der Waals surface area (Å²) in [7, 11) is -0.455. The van der Waals surface area contributed by atoms with Gasteiger partial charge in [-0.25, -0.2) is 9.97 Å². The number of nitrogens with zero attached hydrogens (tertiary/aromatic N) is 5. The molecule has 28 heavy (non-hydrogen) atoms. The van der Waals surface area contributed by atoms with E-state index >= 15 is 0 Å². The van der Waals surface area contributed by atoms with Gasteiger partial charge in [-0.2, -0.15) is 17.0 Å². The van der Waals surface area contributed by atoms with Crippen molar-refractivity contribution in [1.29, 1.82) is 0 Å². The summed E-state index contributed by atoms with van der Waals surface area (Å²) in [5, 5.41) is 0. The van der Waals surface area contributed by atoms with Crippen molar-refractivity contribution in [3.05, 3.63) is 17.1 Å². The van der Waals surface area contributed by atoms with Crippen LogP contribution in [0.4, 0.5) is 5.82 Å². The van der Waals surface area contributed by atoms with Gasteiger partial charge in [0.25, 0.3) is 10.2 Å². The summed E-state index contributed by atoms with van der Waals surface area (Å²) in [6, 6.07) is -0.384. The lowest BCUT2D eigenvalue weighted by atomic mass is 10.0. The molecule has 2 fully saturated rings. The number of rotatable bonds is 5. The fraction of sp³-hybridized carbons (Fsp3) is 0.737. The Hall–Kier alpha value is -1.58. The third kappa shape index (κ3) is 3.55. The summed E-state index contributed by atoms with van der Waals surface area (Å²) >= 11 is 0. The van der Waals surface area contributed by atoms with E-state index in [1.165, 1.54) is 8.61 Å². The second-order valence-corrected chi connectivity index (χ2v) is 10.4. The van der Waals surface area contributed by atoms with E-state index in [-0.39, 0.29) is 11.9 Å². The Morgan fingerprint density at radius 2 is 1.86 bits per heavy atom. The van der Waals surface area contributed by atoms with Crippen LogP contribution < -0.4 is 4.90 Å². The zero-order chi connectivity index (χ0) is 20.1. The minimum Gasteiger partial charge on any atom is -0.296 e. The normalized spacial score (nSPS) is 23.9. The van der Waals surface area contributed by atoms with E-state index in [0.717, 1.165) is 36.9 Å². The number of aryl methyl sites for hydroxylation is 1. The molecule has 0 aromatic carbocycles. The Kier molecular flexibility index (Phi) is 5.18. The molecule has 3 aliphatic rings. The largest absolute Gasteiger partial charge is 0.296 e. The number of amides is 1. The van der Waals surface area contributed by atoms with Crippen LogP contribution in [0.1, 0.15) is 61.6 Å². The summed E-state index contributed by atoms with van der Waals surface area (Å²) in [5.74, 6) is 1.91. The molecule has 1 aliphatic carbocycles. The molecular formula is C19H29N5O3S. The lowest BCUT2D eigenvalue weighted by Crippen LogP contribution is -2.45. The topological polar surface area (TPSA) is 86.7 Å². The van der Waals surface area contributed by atoms with Crippen LogP contribution in [0.3, 0.4) is 0 Å². The van der Waals surface area contributed by atoms with E-state index in [1.807, 2.05) is 11.8 Å². The Morgan fingerprint density at radius 3 is 2.54 bits per heavy atom. The number of fused-ring (bicyclic) bond motifs is 1. The van der Waals surface area contributed by atoms with Crippen LogP contribution in [0.15, 0.2) is 0 Å². The first-order valence-corrected chi connectivity index (χ1v) is 11.6. The first-order chi connectivity index (χ1) is 13.3. The van der Waals surface area contributed by atoms with Gasteiger partial charge in [-0.05, 0) is 44.9 Å². The Bertz CT molecular complexity index is 882. The lowest BCUT2D eigenvalue weighted by Gasteiger charge is -2.36. The molecule has 1 saturated heterocycles. The second-order valence-electron chi connectivity index (χ2n) is 8.33. The molecule has 0 bridgehead atoms. The Balaban J connectivity index is 1.74. The molecule has 0 unspecified atom stereocenters. The molecule has 2 aliphatic heterocycles. The molecule has 1 amide bonds. The van der Waals surface area contributed by atoms with Crippen molar-refractivity contribution in [3.8, 4) is 0 Å². The van der Waals surface area contributed by atoms with Gasteiger partial charge in [-0.1, -0.05) is 6.42 Å². The van der Waals surface area contributed by atoms with Gasteiger partial charge in [0.2, 0.25) is 5.91 Å².